The molecular weight excluding hydrogens is 344 g/mol. The number of aryl methyl sites for hydroxylation is 1. The van der Waals surface area contributed by atoms with Gasteiger partial charge < -0.3 is 5.32 Å². The van der Waals surface area contributed by atoms with Crippen molar-refractivity contribution in [3.8, 4) is 6.07 Å². The maximum absolute atomic E-state index is 12.3. The van der Waals surface area contributed by atoms with Crippen LogP contribution < -0.4 is 16.6 Å². The largest absolute Gasteiger partial charge is 0.348 e. The third-order valence-electron chi connectivity index (χ3n) is 3.75. The van der Waals surface area contributed by atoms with Crippen molar-refractivity contribution in [2.24, 2.45) is 0 Å². The first-order chi connectivity index (χ1) is 11.9. The number of benzene rings is 1. The summed E-state index contributed by atoms with van der Waals surface area (Å²) in [5.41, 5.74) is -0.875. The molecule has 7 nitrogen and oxygen atoms in total. The highest BCUT2D eigenvalue weighted by Crippen LogP contribution is 2.21. The van der Waals surface area contributed by atoms with Crippen LogP contribution in [0, 0.1) is 11.3 Å². The van der Waals surface area contributed by atoms with E-state index in [1.807, 2.05) is 0 Å². The molecule has 0 saturated heterocycles. The number of amides is 1. The van der Waals surface area contributed by atoms with E-state index < -0.39 is 29.7 Å². The molecule has 0 saturated carbocycles. The summed E-state index contributed by atoms with van der Waals surface area (Å²) in [5, 5.41) is 12.2. The lowest BCUT2D eigenvalue weighted by Gasteiger charge is -2.16. The van der Waals surface area contributed by atoms with Crippen LogP contribution in [0.15, 0.2) is 40.1 Å². The smallest absolute Gasteiger partial charge is 0.331 e. The van der Waals surface area contributed by atoms with Crippen LogP contribution in [0.5, 0.6) is 0 Å². The van der Waals surface area contributed by atoms with Crippen molar-refractivity contribution in [1.29, 1.82) is 5.26 Å². The number of nitrogens with one attached hydrogen (secondary N) is 1. The number of nitriles is 1. The Morgan fingerprint density at radius 1 is 1.36 bits per heavy atom. The number of carbonyl (C=O) groups excluding carboxylic acids is 1. The third kappa shape index (κ3) is 3.98. The van der Waals surface area contributed by atoms with Crippen LogP contribution in [0.3, 0.4) is 0 Å². The Balaban J connectivity index is 2.27. The summed E-state index contributed by atoms with van der Waals surface area (Å²) in [7, 11) is 0. The summed E-state index contributed by atoms with van der Waals surface area (Å²) in [6.45, 7) is 3.27. The molecular formula is C17H17ClN4O3. The highest BCUT2D eigenvalue weighted by atomic mass is 35.5. The van der Waals surface area contributed by atoms with Crippen molar-refractivity contribution < 1.29 is 4.79 Å². The van der Waals surface area contributed by atoms with Crippen molar-refractivity contribution in [2.75, 3.05) is 0 Å². The molecule has 0 fully saturated rings. The summed E-state index contributed by atoms with van der Waals surface area (Å²) < 4.78 is 1.97. The van der Waals surface area contributed by atoms with Gasteiger partial charge in [-0.3, -0.25) is 14.2 Å². The molecule has 2 aromatic rings. The molecule has 2 rings (SSSR count). The number of hydrogen-bond acceptors (Lipinski definition) is 4. The van der Waals surface area contributed by atoms with E-state index >= 15 is 0 Å². The maximum atomic E-state index is 12.3. The zero-order chi connectivity index (χ0) is 18.6. The van der Waals surface area contributed by atoms with E-state index in [1.165, 1.54) is 10.8 Å². The van der Waals surface area contributed by atoms with Gasteiger partial charge in [-0.25, -0.2) is 9.36 Å². The Morgan fingerprint density at radius 2 is 2.04 bits per heavy atom. The highest BCUT2D eigenvalue weighted by Gasteiger charge is 2.16. The molecule has 25 heavy (non-hydrogen) atoms. The van der Waals surface area contributed by atoms with Gasteiger partial charge in [0.15, 0.2) is 0 Å². The minimum Gasteiger partial charge on any atom is -0.348 e. The lowest BCUT2D eigenvalue weighted by Crippen LogP contribution is -2.44. The van der Waals surface area contributed by atoms with E-state index in [-0.39, 0.29) is 12.1 Å². The van der Waals surface area contributed by atoms with Crippen molar-refractivity contribution >= 4 is 17.5 Å². The second kappa shape index (κ2) is 7.81. The molecule has 0 radical (unpaired) electrons. The Morgan fingerprint density at radius 3 is 2.64 bits per heavy atom. The van der Waals surface area contributed by atoms with E-state index in [1.54, 1.807) is 44.2 Å². The second-order valence-electron chi connectivity index (χ2n) is 5.43. The number of nitrogens with zero attached hydrogens (tertiary/aromatic N) is 3. The van der Waals surface area contributed by atoms with Crippen molar-refractivity contribution in [1.82, 2.24) is 14.5 Å². The normalized spacial score (nSPS) is 11.6. The van der Waals surface area contributed by atoms with Crippen molar-refractivity contribution in [3.63, 3.8) is 0 Å². The molecule has 1 heterocycles. The van der Waals surface area contributed by atoms with Gasteiger partial charge in [0.1, 0.15) is 18.2 Å². The standard InChI is InChI=1S/C17H17ClN4O3/c1-3-21-9-12(8-19)16(24)22(17(21)25)10-15(23)20-11(2)13-6-4-5-7-14(13)18/h4-7,9,11H,3,10H2,1-2H3,(H,20,23). The van der Waals surface area contributed by atoms with E-state index in [0.29, 0.717) is 5.02 Å². The van der Waals surface area contributed by atoms with Gasteiger partial charge in [-0.15, -0.1) is 0 Å². The van der Waals surface area contributed by atoms with Gasteiger partial charge in [-0.2, -0.15) is 5.26 Å². The Kier molecular flexibility index (Phi) is 5.78. The summed E-state index contributed by atoms with van der Waals surface area (Å²) >= 11 is 6.10. The van der Waals surface area contributed by atoms with Gasteiger partial charge in [-0.1, -0.05) is 29.8 Å². The number of halogens is 1. The monoisotopic (exact) mass is 360 g/mol. The first-order valence-electron chi connectivity index (χ1n) is 7.67. The van der Waals surface area contributed by atoms with Crippen LogP contribution in [-0.4, -0.2) is 15.0 Å². The van der Waals surface area contributed by atoms with Crippen LogP contribution in [0.2, 0.25) is 5.02 Å². The molecule has 1 atom stereocenters. The fourth-order valence-corrected chi connectivity index (χ4v) is 2.73. The lowest BCUT2D eigenvalue weighted by molar-refractivity contribution is -0.122. The minimum atomic E-state index is -0.780. The van der Waals surface area contributed by atoms with Crippen molar-refractivity contribution in [3.05, 3.63) is 67.4 Å². The van der Waals surface area contributed by atoms with Crippen LogP contribution in [-0.2, 0) is 17.9 Å². The fraction of sp³-hybridized carbons (Fsp3) is 0.294. The second-order valence-corrected chi connectivity index (χ2v) is 5.83. The quantitative estimate of drug-likeness (QED) is 0.872. The Hall–Kier alpha value is -2.85. The van der Waals surface area contributed by atoms with Gasteiger partial charge in [-0.05, 0) is 25.5 Å². The zero-order valence-electron chi connectivity index (χ0n) is 13.8. The predicted molar refractivity (Wildman–Crippen MR) is 93.4 cm³/mol. The summed E-state index contributed by atoms with van der Waals surface area (Å²) in [4.78, 5) is 36.7. The molecule has 1 aromatic carbocycles. The highest BCUT2D eigenvalue weighted by molar-refractivity contribution is 6.31. The van der Waals surface area contributed by atoms with Gasteiger partial charge in [0.2, 0.25) is 5.91 Å². The first-order valence-corrected chi connectivity index (χ1v) is 8.05. The topological polar surface area (TPSA) is 96.9 Å². The molecule has 1 N–H and O–H groups in total. The molecule has 0 aliphatic rings. The Labute approximate surface area is 149 Å². The molecule has 1 unspecified atom stereocenters. The average Bonchev–Trinajstić information content (AvgIpc) is 2.59. The van der Waals surface area contributed by atoms with Gasteiger partial charge in [0.25, 0.3) is 5.56 Å². The van der Waals surface area contributed by atoms with Crippen LogP contribution in [0.1, 0.15) is 31.0 Å². The van der Waals surface area contributed by atoms with Crippen LogP contribution in [0.25, 0.3) is 0 Å². The summed E-state index contributed by atoms with van der Waals surface area (Å²) in [5.74, 6) is -0.524. The zero-order valence-corrected chi connectivity index (χ0v) is 14.6. The molecule has 0 bridgehead atoms. The maximum Gasteiger partial charge on any atom is 0.331 e. The van der Waals surface area contributed by atoms with E-state index in [2.05, 4.69) is 5.32 Å². The van der Waals surface area contributed by atoms with Gasteiger partial charge in [0.05, 0.1) is 6.04 Å². The van der Waals surface area contributed by atoms with E-state index in [4.69, 9.17) is 16.9 Å². The SMILES string of the molecule is CCn1cc(C#N)c(=O)n(CC(=O)NC(C)c2ccccc2Cl)c1=O. The number of carbonyl (C=O) groups is 1. The first kappa shape index (κ1) is 18.5. The van der Waals surface area contributed by atoms with Crippen molar-refractivity contribution in [2.45, 2.75) is 33.0 Å². The molecule has 0 aliphatic heterocycles. The van der Waals surface area contributed by atoms with E-state index in [0.717, 1.165) is 10.1 Å². The minimum absolute atomic E-state index is 0.187. The number of rotatable bonds is 5. The summed E-state index contributed by atoms with van der Waals surface area (Å²) in [6, 6.07) is 8.40. The molecule has 0 spiro atoms. The molecule has 130 valence electrons. The molecule has 0 aliphatic carbocycles. The van der Waals surface area contributed by atoms with Crippen LogP contribution in [0.4, 0.5) is 0 Å². The third-order valence-corrected chi connectivity index (χ3v) is 4.09. The predicted octanol–water partition coefficient (Wildman–Crippen LogP) is 1.43. The molecule has 1 aromatic heterocycles. The Bertz CT molecular complexity index is 956. The number of hydrogen-bond donors (Lipinski definition) is 1. The van der Waals surface area contributed by atoms with E-state index in [9.17, 15) is 14.4 Å². The fourth-order valence-electron chi connectivity index (χ4n) is 2.43. The molecule has 8 heteroatoms. The molecule has 1 amide bonds. The number of aromatic nitrogens is 2. The lowest BCUT2D eigenvalue weighted by atomic mass is 10.1. The average molecular weight is 361 g/mol. The summed E-state index contributed by atoms with van der Waals surface area (Å²) in [6.07, 6.45) is 1.20. The van der Waals surface area contributed by atoms with Gasteiger partial charge in [0, 0.05) is 17.8 Å². The van der Waals surface area contributed by atoms with Crippen LogP contribution >= 0.6 is 11.6 Å². The van der Waals surface area contributed by atoms with Gasteiger partial charge >= 0.3 is 5.69 Å².